The van der Waals surface area contributed by atoms with Crippen molar-refractivity contribution < 1.29 is 14.4 Å². The van der Waals surface area contributed by atoms with Crippen LogP contribution in [0.4, 0.5) is 0 Å². The van der Waals surface area contributed by atoms with Gasteiger partial charge in [0.25, 0.3) is 0 Å². The summed E-state index contributed by atoms with van der Waals surface area (Å²) in [7, 11) is 0. The minimum absolute atomic E-state index is 0.00360. The lowest BCUT2D eigenvalue weighted by molar-refractivity contribution is -0.137. The van der Waals surface area contributed by atoms with E-state index in [9.17, 15) is 14.4 Å². The molecule has 1 fully saturated rings. The van der Waals surface area contributed by atoms with E-state index < -0.39 is 6.04 Å². The zero-order chi connectivity index (χ0) is 19.9. The number of fused-ring (bicyclic) bond motifs is 1. The third-order valence-electron chi connectivity index (χ3n) is 5.69. The Morgan fingerprint density at radius 1 is 0.964 bits per heavy atom. The summed E-state index contributed by atoms with van der Waals surface area (Å²) >= 11 is 0. The normalized spacial score (nSPS) is 17.6. The van der Waals surface area contributed by atoms with E-state index in [0.29, 0.717) is 19.4 Å². The molecule has 6 heteroatoms. The second kappa shape index (κ2) is 9.71. The average Bonchev–Trinajstić information content (AvgIpc) is 2.73. The SMILES string of the molecule is CC(NC(=O)CCCC(=O)N1CCc2ccccc2C1)C(=O)N1CCCCC1. The van der Waals surface area contributed by atoms with Crippen LogP contribution in [0.1, 0.15) is 56.6 Å². The number of carbonyl (C=O) groups excluding carboxylic acids is 3. The number of nitrogens with zero attached hydrogens (tertiary/aromatic N) is 2. The summed E-state index contributed by atoms with van der Waals surface area (Å²) in [5.74, 6) is -0.0643. The van der Waals surface area contributed by atoms with Gasteiger partial charge in [-0.05, 0) is 50.2 Å². The van der Waals surface area contributed by atoms with Crippen LogP contribution in [0.15, 0.2) is 24.3 Å². The number of likely N-dealkylation sites (tertiary alicyclic amines) is 1. The van der Waals surface area contributed by atoms with Gasteiger partial charge in [-0.15, -0.1) is 0 Å². The fourth-order valence-electron chi connectivity index (χ4n) is 4.03. The van der Waals surface area contributed by atoms with Crippen LogP contribution in [-0.4, -0.2) is 53.2 Å². The van der Waals surface area contributed by atoms with Crippen molar-refractivity contribution in [2.24, 2.45) is 0 Å². The van der Waals surface area contributed by atoms with Gasteiger partial charge in [0.05, 0.1) is 0 Å². The Labute approximate surface area is 167 Å². The number of rotatable bonds is 6. The van der Waals surface area contributed by atoms with Crippen LogP contribution in [0.3, 0.4) is 0 Å². The zero-order valence-corrected chi connectivity index (χ0v) is 16.8. The average molecular weight is 386 g/mol. The molecule has 1 saturated heterocycles. The van der Waals surface area contributed by atoms with Crippen LogP contribution in [0.5, 0.6) is 0 Å². The molecule has 0 spiro atoms. The Hall–Kier alpha value is -2.37. The van der Waals surface area contributed by atoms with Crippen LogP contribution >= 0.6 is 0 Å². The van der Waals surface area contributed by atoms with E-state index in [-0.39, 0.29) is 24.1 Å². The number of amides is 3. The van der Waals surface area contributed by atoms with Gasteiger partial charge in [-0.25, -0.2) is 0 Å². The molecule has 28 heavy (non-hydrogen) atoms. The van der Waals surface area contributed by atoms with Crippen molar-refractivity contribution in [3.8, 4) is 0 Å². The molecule has 2 aliphatic rings. The third-order valence-corrected chi connectivity index (χ3v) is 5.69. The van der Waals surface area contributed by atoms with Crippen LogP contribution in [0.25, 0.3) is 0 Å². The van der Waals surface area contributed by atoms with E-state index in [0.717, 1.165) is 38.9 Å². The predicted molar refractivity (Wildman–Crippen MR) is 107 cm³/mol. The highest BCUT2D eigenvalue weighted by Crippen LogP contribution is 2.19. The van der Waals surface area contributed by atoms with Gasteiger partial charge >= 0.3 is 0 Å². The maximum absolute atomic E-state index is 12.5. The summed E-state index contributed by atoms with van der Waals surface area (Å²) in [6, 6.07) is 7.73. The van der Waals surface area contributed by atoms with Crippen molar-refractivity contribution in [3.05, 3.63) is 35.4 Å². The number of carbonyl (C=O) groups is 3. The Kier molecular flexibility index (Phi) is 7.06. The smallest absolute Gasteiger partial charge is 0.244 e. The first-order valence-electron chi connectivity index (χ1n) is 10.5. The zero-order valence-electron chi connectivity index (χ0n) is 16.8. The minimum atomic E-state index is -0.500. The molecular formula is C22H31N3O3. The lowest BCUT2D eigenvalue weighted by atomic mass is 9.99. The highest BCUT2D eigenvalue weighted by atomic mass is 16.2. The molecule has 0 bridgehead atoms. The summed E-state index contributed by atoms with van der Waals surface area (Å²) in [6.45, 7) is 4.70. The molecule has 1 aromatic carbocycles. The van der Waals surface area contributed by atoms with Crippen molar-refractivity contribution in [1.29, 1.82) is 0 Å². The fourth-order valence-corrected chi connectivity index (χ4v) is 4.03. The van der Waals surface area contributed by atoms with E-state index in [2.05, 4.69) is 17.4 Å². The summed E-state index contributed by atoms with van der Waals surface area (Å²) in [6.07, 6.45) is 5.27. The molecule has 0 radical (unpaired) electrons. The first-order chi connectivity index (χ1) is 13.5. The van der Waals surface area contributed by atoms with E-state index in [1.165, 1.54) is 17.5 Å². The molecule has 6 nitrogen and oxygen atoms in total. The molecule has 0 saturated carbocycles. The Morgan fingerprint density at radius 3 is 2.43 bits per heavy atom. The van der Waals surface area contributed by atoms with Gasteiger partial charge in [0, 0.05) is 39.0 Å². The molecule has 0 aromatic heterocycles. The Balaban J connectivity index is 1.37. The van der Waals surface area contributed by atoms with Gasteiger partial charge in [0.1, 0.15) is 6.04 Å². The largest absolute Gasteiger partial charge is 0.345 e. The lowest BCUT2D eigenvalue weighted by Gasteiger charge is -2.29. The third kappa shape index (κ3) is 5.33. The Morgan fingerprint density at radius 2 is 1.68 bits per heavy atom. The van der Waals surface area contributed by atoms with E-state index in [1.807, 2.05) is 21.9 Å². The molecule has 1 unspecified atom stereocenters. The number of nitrogens with one attached hydrogen (secondary N) is 1. The van der Waals surface area contributed by atoms with Gasteiger partial charge in [-0.3, -0.25) is 14.4 Å². The van der Waals surface area contributed by atoms with Gasteiger partial charge in [-0.1, -0.05) is 24.3 Å². The van der Waals surface area contributed by atoms with Crippen LogP contribution < -0.4 is 5.32 Å². The Bertz CT molecular complexity index is 713. The molecule has 1 N–H and O–H groups in total. The van der Waals surface area contributed by atoms with Crippen molar-refractivity contribution in [2.75, 3.05) is 19.6 Å². The molecule has 1 aromatic rings. The van der Waals surface area contributed by atoms with Crippen LogP contribution in [0, 0.1) is 0 Å². The molecule has 0 aliphatic carbocycles. The highest BCUT2D eigenvalue weighted by molar-refractivity contribution is 5.87. The molecule has 2 aliphatic heterocycles. The first kappa shape index (κ1) is 20.4. The second-order valence-electron chi connectivity index (χ2n) is 7.86. The van der Waals surface area contributed by atoms with Gasteiger partial charge in [-0.2, -0.15) is 0 Å². The second-order valence-corrected chi connectivity index (χ2v) is 7.86. The number of benzene rings is 1. The van der Waals surface area contributed by atoms with Crippen LogP contribution in [-0.2, 0) is 27.3 Å². The monoisotopic (exact) mass is 385 g/mol. The van der Waals surface area contributed by atoms with Crippen molar-refractivity contribution >= 4 is 17.7 Å². The van der Waals surface area contributed by atoms with Crippen molar-refractivity contribution in [1.82, 2.24) is 15.1 Å². The summed E-state index contributed by atoms with van der Waals surface area (Å²) < 4.78 is 0. The minimum Gasteiger partial charge on any atom is -0.345 e. The van der Waals surface area contributed by atoms with Crippen molar-refractivity contribution in [2.45, 2.75) is 64.5 Å². The van der Waals surface area contributed by atoms with E-state index in [1.54, 1.807) is 6.92 Å². The van der Waals surface area contributed by atoms with Gasteiger partial charge < -0.3 is 15.1 Å². The highest BCUT2D eigenvalue weighted by Gasteiger charge is 2.24. The topological polar surface area (TPSA) is 69.7 Å². The standard InChI is InChI=1S/C22H31N3O3/c1-17(22(28)24-13-5-2-6-14-24)23-20(26)10-7-11-21(27)25-15-12-18-8-3-4-9-19(18)16-25/h3-4,8-9,17H,2,5-7,10-16H2,1H3,(H,23,26). The van der Waals surface area contributed by atoms with Crippen LogP contribution in [0.2, 0.25) is 0 Å². The van der Waals surface area contributed by atoms with E-state index in [4.69, 9.17) is 0 Å². The number of piperidine rings is 1. The first-order valence-corrected chi connectivity index (χ1v) is 10.5. The summed E-state index contributed by atoms with van der Waals surface area (Å²) in [5.41, 5.74) is 2.53. The van der Waals surface area contributed by atoms with Gasteiger partial charge in [0.15, 0.2) is 0 Å². The molecule has 2 heterocycles. The maximum atomic E-state index is 12.5. The van der Waals surface area contributed by atoms with E-state index >= 15 is 0 Å². The predicted octanol–water partition coefficient (Wildman–Crippen LogP) is 2.26. The molecular weight excluding hydrogens is 354 g/mol. The lowest BCUT2D eigenvalue weighted by Crippen LogP contribution is -2.48. The quantitative estimate of drug-likeness (QED) is 0.817. The molecule has 152 valence electrons. The van der Waals surface area contributed by atoms with Crippen molar-refractivity contribution in [3.63, 3.8) is 0 Å². The summed E-state index contributed by atoms with van der Waals surface area (Å²) in [5, 5.41) is 2.79. The molecule has 1 atom stereocenters. The number of hydrogen-bond acceptors (Lipinski definition) is 3. The molecule has 3 amide bonds. The summed E-state index contributed by atoms with van der Waals surface area (Å²) in [4.78, 5) is 40.7. The van der Waals surface area contributed by atoms with Gasteiger partial charge in [0.2, 0.25) is 17.7 Å². The molecule has 3 rings (SSSR count). The number of hydrogen-bond donors (Lipinski definition) is 1. The maximum Gasteiger partial charge on any atom is 0.244 e. The fraction of sp³-hybridized carbons (Fsp3) is 0.591.